The molecule has 0 unspecified atom stereocenters. The van der Waals surface area contributed by atoms with Crippen LogP contribution in [0.3, 0.4) is 0 Å². The molecular formula is C30H27F6N5O2. The summed E-state index contributed by atoms with van der Waals surface area (Å²) in [6.07, 6.45) is -5.86. The summed E-state index contributed by atoms with van der Waals surface area (Å²) in [6.45, 7) is 1.50. The van der Waals surface area contributed by atoms with Crippen LogP contribution in [0.1, 0.15) is 54.6 Å². The molecule has 2 aliphatic rings. The van der Waals surface area contributed by atoms with Gasteiger partial charge in [0.05, 0.1) is 11.5 Å². The molecule has 2 fully saturated rings. The fraction of sp³-hybridized carbons (Fsp3) is 0.367. The van der Waals surface area contributed by atoms with Gasteiger partial charge >= 0.3 is 12.4 Å². The SMILES string of the molecule is C[C@@](O)(c1ccc(-c2nc([C@@H]3CC[C@H]4[C@H](C(F)(F)F)CC(=O)N4C3)n3ccnc(N)c23)cc1)c1cccc(C(F)(F)F)c1. The lowest BCUT2D eigenvalue weighted by atomic mass is 9.86. The molecular weight excluding hydrogens is 576 g/mol. The molecule has 0 saturated carbocycles. The minimum Gasteiger partial charge on any atom is -0.382 e. The number of aliphatic hydroxyl groups is 1. The average Bonchev–Trinajstić information content (AvgIpc) is 3.52. The van der Waals surface area contributed by atoms with Crippen LogP contribution < -0.4 is 5.73 Å². The van der Waals surface area contributed by atoms with E-state index in [1.807, 2.05) is 0 Å². The van der Waals surface area contributed by atoms with E-state index in [4.69, 9.17) is 10.7 Å². The monoisotopic (exact) mass is 603 g/mol. The van der Waals surface area contributed by atoms with Crippen LogP contribution in [0, 0.1) is 5.92 Å². The van der Waals surface area contributed by atoms with Crippen molar-refractivity contribution in [2.45, 2.75) is 56.1 Å². The maximum atomic E-state index is 13.6. The standard InChI is InChI=1S/C30H27F6N5O2/c1-28(43,19-3-2-4-20(13-19)29(31,32)33)18-8-5-16(6-9-18)24-25-26(37)38-11-12-40(25)27(39-24)17-7-10-22-21(30(34,35)36)14-23(42)41(22)15-17/h2-6,8-9,11-13,17,21-22,43H,7,10,14-15H2,1H3,(H2,37,38)/t17-,21-,22+,28-/m1/s1. The average molecular weight is 604 g/mol. The number of halogens is 6. The molecule has 0 radical (unpaired) electrons. The van der Waals surface area contributed by atoms with Gasteiger partial charge in [-0.05, 0) is 43.0 Å². The highest BCUT2D eigenvalue weighted by Crippen LogP contribution is 2.45. The molecule has 43 heavy (non-hydrogen) atoms. The smallest absolute Gasteiger partial charge is 0.382 e. The first-order valence-electron chi connectivity index (χ1n) is 13.7. The van der Waals surface area contributed by atoms with Crippen molar-refractivity contribution < 1.29 is 36.2 Å². The van der Waals surface area contributed by atoms with Crippen molar-refractivity contribution in [2.24, 2.45) is 5.92 Å². The van der Waals surface area contributed by atoms with Gasteiger partial charge in [0.1, 0.15) is 28.5 Å². The van der Waals surface area contributed by atoms with E-state index in [0.717, 1.165) is 12.1 Å². The van der Waals surface area contributed by atoms with Crippen LogP contribution in [0.4, 0.5) is 32.2 Å². The molecule has 7 nitrogen and oxygen atoms in total. The van der Waals surface area contributed by atoms with Gasteiger partial charge in [0, 0.05) is 42.9 Å². The summed E-state index contributed by atoms with van der Waals surface area (Å²) in [5, 5.41) is 11.2. The largest absolute Gasteiger partial charge is 0.416 e. The summed E-state index contributed by atoms with van der Waals surface area (Å²) >= 11 is 0. The van der Waals surface area contributed by atoms with E-state index in [1.165, 1.54) is 30.2 Å². The van der Waals surface area contributed by atoms with Crippen LogP contribution in [-0.2, 0) is 16.6 Å². The molecule has 2 aromatic carbocycles. The molecule has 4 atom stereocenters. The van der Waals surface area contributed by atoms with E-state index in [2.05, 4.69) is 4.98 Å². The summed E-state index contributed by atoms with van der Waals surface area (Å²) in [7, 11) is 0. The van der Waals surface area contributed by atoms with Crippen molar-refractivity contribution >= 4 is 17.2 Å². The fourth-order valence-electron chi connectivity index (χ4n) is 6.38. The first-order chi connectivity index (χ1) is 20.2. The number of amides is 1. The summed E-state index contributed by atoms with van der Waals surface area (Å²) in [5.74, 6) is -1.86. The van der Waals surface area contributed by atoms with Crippen molar-refractivity contribution in [3.05, 3.63) is 83.4 Å². The number of hydrogen-bond acceptors (Lipinski definition) is 5. The number of imidazole rings is 1. The van der Waals surface area contributed by atoms with E-state index >= 15 is 0 Å². The summed E-state index contributed by atoms with van der Waals surface area (Å²) in [5.41, 5.74) is 5.53. The van der Waals surface area contributed by atoms with E-state index in [-0.39, 0.29) is 30.3 Å². The molecule has 2 saturated heterocycles. The molecule has 4 aromatic rings. The van der Waals surface area contributed by atoms with Gasteiger partial charge in [0.25, 0.3) is 0 Å². The number of carbonyl (C=O) groups is 1. The Hall–Kier alpha value is -4.13. The van der Waals surface area contributed by atoms with E-state index in [0.29, 0.717) is 34.6 Å². The first kappa shape index (κ1) is 29.0. The van der Waals surface area contributed by atoms with Crippen molar-refractivity contribution in [3.63, 3.8) is 0 Å². The topological polar surface area (TPSA) is 96.8 Å². The second-order valence-corrected chi connectivity index (χ2v) is 11.3. The third-order valence-electron chi connectivity index (χ3n) is 8.68. The number of carbonyl (C=O) groups excluding carboxylic acids is 1. The minimum atomic E-state index is -4.56. The third-order valence-corrected chi connectivity index (χ3v) is 8.68. The zero-order chi connectivity index (χ0) is 30.9. The van der Waals surface area contributed by atoms with Crippen molar-refractivity contribution in [3.8, 4) is 11.3 Å². The highest BCUT2D eigenvalue weighted by atomic mass is 19.4. The van der Waals surface area contributed by atoms with Gasteiger partial charge in [-0.25, -0.2) is 9.97 Å². The Morgan fingerprint density at radius 2 is 1.67 bits per heavy atom. The molecule has 13 heteroatoms. The number of fused-ring (bicyclic) bond motifs is 2. The number of anilines is 1. The van der Waals surface area contributed by atoms with Crippen LogP contribution >= 0.6 is 0 Å². The quantitative estimate of drug-likeness (QED) is 0.283. The van der Waals surface area contributed by atoms with Crippen molar-refractivity contribution in [1.82, 2.24) is 19.3 Å². The lowest BCUT2D eigenvalue weighted by Gasteiger charge is -2.37. The Balaban J connectivity index is 1.33. The molecule has 2 aliphatic heterocycles. The first-order valence-corrected chi connectivity index (χ1v) is 13.7. The Morgan fingerprint density at radius 3 is 2.35 bits per heavy atom. The van der Waals surface area contributed by atoms with Crippen molar-refractivity contribution in [1.29, 1.82) is 0 Å². The van der Waals surface area contributed by atoms with E-state index < -0.39 is 47.8 Å². The molecule has 4 heterocycles. The van der Waals surface area contributed by atoms with E-state index in [1.54, 1.807) is 34.9 Å². The second-order valence-electron chi connectivity index (χ2n) is 11.3. The molecule has 0 spiro atoms. The molecule has 1 amide bonds. The van der Waals surface area contributed by atoms with Gasteiger partial charge in [0.2, 0.25) is 5.91 Å². The predicted molar refractivity (Wildman–Crippen MR) is 145 cm³/mol. The Morgan fingerprint density at radius 1 is 0.977 bits per heavy atom. The number of nitrogens with two attached hydrogens (primary N) is 1. The lowest BCUT2D eigenvalue weighted by Crippen LogP contribution is -2.45. The number of alkyl halides is 6. The Labute approximate surface area is 242 Å². The van der Waals surface area contributed by atoms with Crippen molar-refractivity contribution in [2.75, 3.05) is 12.3 Å². The maximum absolute atomic E-state index is 13.6. The molecule has 226 valence electrons. The highest BCUT2D eigenvalue weighted by Gasteiger charge is 2.55. The molecule has 0 bridgehead atoms. The van der Waals surface area contributed by atoms with E-state index in [9.17, 15) is 36.2 Å². The fourth-order valence-corrected chi connectivity index (χ4v) is 6.38. The third kappa shape index (κ3) is 4.98. The van der Waals surface area contributed by atoms with Gasteiger partial charge in [-0.15, -0.1) is 0 Å². The number of benzene rings is 2. The summed E-state index contributed by atoms with van der Waals surface area (Å²) in [6, 6.07) is 10.1. The van der Waals surface area contributed by atoms with Crippen LogP contribution in [0.5, 0.6) is 0 Å². The number of nitrogen functional groups attached to an aromatic ring is 1. The summed E-state index contributed by atoms with van der Waals surface area (Å²) in [4.78, 5) is 22.9. The molecule has 0 aliphatic carbocycles. The van der Waals surface area contributed by atoms with Gasteiger partial charge in [-0.1, -0.05) is 36.4 Å². The number of piperidine rings is 1. The zero-order valence-corrected chi connectivity index (χ0v) is 22.8. The Bertz CT molecular complexity index is 1700. The van der Waals surface area contributed by atoms with Gasteiger partial charge < -0.3 is 15.7 Å². The Kier molecular flexibility index (Phi) is 6.71. The lowest BCUT2D eigenvalue weighted by molar-refractivity contribution is -0.182. The van der Waals surface area contributed by atoms with Crippen LogP contribution in [-0.4, -0.2) is 49.0 Å². The number of nitrogens with zero attached hydrogens (tertiary/aromatic N) is 4. The molecule has 6 rings (SSSR count). The number of aromatic nitrogens is 3. The minimum absolute atomic E-state index is 0.0677. The molecule has 3 N–H and O–H groups in total. The number of rotatable bonds is 4. The second kappa shape index (κ2) is 9.97. The summed E-state index contributed by atoms with van der Waals surface area (Å²) < 4.78 is 82.2. The van der Waals surface area contributed by atoms with Crippen LogP contribution in [0.2, 0.25) is 0 Å². The van der Waals surface area contributed by atoms with Gasteiger partial charge in [0.15, 0.2) is 0 Å². The maximum Gasteiger partial charge on any atom is 0.416 e. The normalized spacial score (nSPS) is 22.6. The van der Waals surface area contributed by atoms with Crippen LogP contribution in [0.25, 0.3) is 16.8 Å². The predicted octanol–water partition coefficient (Wildman–Crippen LogP) is 5.91. The molecule has 2 aromatic heterocycles. The number of hydrogen-bond donors (Lipinski definition) is 2. The highest BCUT2D eigenvalue weighted by molar-refractivity contribution is 5.85. The zero-order valence-electron chi connectivity index (χ0n) is 22.8. The van der Waals surface area contributed by atoms with Crippen LogP contribution in [0.15, 0.2) is 60.9 Å². The van der Waals surface area contributed by atoms with Gasteiger partial charge in [-0.3, -0.25) is 9.20 Å². The van der Waals surface area contributed by atoms with Gasteiger partial charge in [-0.2, -0.15) is 26.3 Å².